The van der Waals surface area contributed by atoms with E-state index in [4.69, 9.17) is 25.6 Å². The summed E-state index contributed by atoms with van der Waals surface area (Å²) in [6, 6.07) is 14.5. The summed E-state index contributed by atoms with van der Waals surface area (Å²) >= 11 is 5.89. The molecule has 0 N–H and O–H groups in total. The molecule has 1 fully saturated rings. The third-order valence-corrected chi connectivity index (χ3v) is 5.59. The van der Waals surface area contributed by atoms with Crippen LogP contribution in [0.1, 0.15) is 12.8 Å². The highest BCUT2D eigenvalue weighted by molar-refractivity contribution is 6.30. The molecule has 1 aliphatic rings. The molecular formula is C23H25ClN4O4. The molecule has 3 aromatic rings. The number of carbonyl (C=O) groups excluding carboxylic acids is 1. The van der Waals surface area contributed by atoms with E-state index in [9.17, 15) is 4.79 Å². The van der Waals surface area contributed by atoms with Crippen molar-refractivity contribution in [1.29, 1.82) is 0 Å². The lowest BCUT2D eigenvalue weighted by atomic mass is 10.2. The van der Waals surface area contributed by atoms with Gasteiger partial charge in [-0.3, -0.25) is 9.69 Å². The van der Waals surface area contributed by atoms with Gasteiger partial charge in [0.2, 0.25) is 11.7 Å². The Morgan fingerprint density at radius 2 is 1.72 bits per heavy atom. The van der Waals surface area contributed by atoms with Gasteiger partial charge in [-0.2, -0.15) is 4.98 Å². The number of carbonyl (C=O) groups is 1. The monoisotopic (exact) mass is 456 g/mol. The molecule has 0 unspecified atom stereocenters. The third kappa shape index (κ3) is 5.38. The molecule has 0 saturated carbocycles. The number of piperazine rings is 1. The standard InChI is InChI=1S/C23H25ClN4O4/c1-16(31-20-9-5-18(24)6-10-20)23(29)28-13-11-27(12-14-28)15-21-25-22(26-32-21)17-3-7-19(30-2)8-4-17/h3-10,16H,11-15H2,1-2H3/t16-/m1/s1. The van der Waals surface area contributed by atoms with Crippen LogP contribution >= 0.6 is 11.6 Å². The minimum absolute atomic E-state index is 0.0285. The molecule has 9 heteroatoms. The Morgan fingerprint density at radius 1 is 1.06 bits per heavy atom. The maximum Gasteiger partial charge on any atom is 0.263 e. The normalized spacial score (nSPS) is 15.4. The zero-order chi connectivity index (χ0) is 22.5. The van der Waals surface area contributed by atoms with Crippen molar-refractivity contribution in [3.8, 4) is 22.9 Å². The molecule has 32 heavy (non-hydrogen) atoms. The quantitative estimate of drug-likeness (QED) is 0.538. The molecule has 4 rings (SSSR count). The van der Waals surface area contributed by atoms with Gasteiger partial charge >= 0.3 is 0 Å². The Labute approximate surface area is 191 Å². The molecule has 1 atom stereocenters. The van der Waals surface area contributed by atoms with Crippen molar-refractivity contribution < 1.29 is 18.8 Å². The van der Waals surface area contributed by atoms with Gasteiger partial charge in [0, 0.05) is 36.8 Å². The van der Waals surface area contributed by atoms with E-state index < -0.39 is 6.10 Å². The van der Waals surface area contributed by atoms with Gasteiger partial charge < -0.3 is 18.9 Å². The summed E-state index contributed by atoms with van der Waals surface area (Å²) in [6.45, 7) is 4.99. The topological polar surface area (TPSA) is 80.9 Å². The highest BCUT2D eigenvalue weighted by atomic mass is 35.5. The van der Waals surface area contributed by atoms with Gasteiger partial charge in [0.1, 0.15) is 11.5 Å². The van der Waals surface area contributed by atoms with E-state index in [-0.39, 0.29) is 5.91 Å². The van der Waals surface area contributed by atoms with Crippen LogP contribution in [-0.4, -0.2) is 65.2 Å². The number of nitrogens with zero attached hydrogens (tertiary/aromatic N) is 4. The van der Waals surface area contributed by atoms with Gasteiger partial charge in [0.25, 0.3) is 5.91 Å². The first-order valence-corrected chi connectivity index (χ1v) is 10.8. The van der Waals surface area contributed by atoms with E-state index in [1.165, 1.54) is 0 Å². The average Bonchev–Trinajstić information content (AvgIpc) is 3.29. The first-order chi connectivity index (χ1) is 15.5. The number of rotatable bonds is 7. The zero-order valence-corrected chi connectivity index (χ0v) is 18.8. The summed E-state index contributed by atoms with van der Waals surface area (Å²) < 4.78 is 16.4. The number of ether oxygens (including phenoxy) is 2. The highest BCUT2D eigenvalue weighted by Gasteiger charge is 2.27. The summed E-state index contributed by atoms with van der Waals surface area (Å²) in [6.07, 6.45) is -0.564. The van der Waals surface area contributed by atoms with E-state index in [1.807, 2.05) is 29.2 Å². The van der Waals surface area contributed by atoms with Gasteiger partial charge in [0.05, 0.1) is 13.7 Å². The van der Waals surface area contributed by atoms with Crippen LogP contribution in [0.2, 0.25) is 5.02 Å². The van der Waals surface area contributed by atoms with Crippen LogP contribution in [0.15, 0.2) is 53.1 Å². The molecule has 0 bridgehead atoms. The van der Waals surface area contributed by atoms with E-state index in [0.29, 0.717) is 42.1 Å². The SMILES string of the molecule is COc1ccc(-c2noc(CN3CCN(C(=O)[C@@H](C)Oc4ccc(Cl)cc4)CC3)n2)cc1. The predicted molar refractivity (Wildman–Crippen MR) is 120 cm³/mol. The van der Waals surface area contributed by atoms with Crippen molar-refractivity contribution in [3.63, 3.8) is 0 Å². The van der Waals surface area contributed by atoms with Crippen molar-refractivity contribution in [2.45, 2.75) is 19.6 Å². The van der Waals surface area contributed by atoms with E-state index in [2.05, 4.69) is 15.0 Å². The number of benzene rings is 2. The molecule has 1 aromatic heterocycles. The number of hydrogen-bond acceptors (Lipinski definition) is 7. The molecule has 0 radical (unpaired) electrons. The summed E-state index contributed by atoms with van der Waals surface area (Å²) in [7, 11) is 1.63. The summed E-state index contributed by atoms with van der Waals surface area (Å²) in [5, 5.41) is 4.71. The molecule has 0 aliphatic carbocycles. The average molecular weight is 457 g/mol. The maximum absolute atomic E-state index is 12.7. The number of hydrogen-bond donors (Lipinski definition) is 0. The largest absolute Gasteiger partial charge is 0.497 e. The van der Waals surface area contributed by atoms with Crippen molar-refractivity contribution in [2.24, 2.45) is 0 Å². The molecular weight excluding hydrogens is 432 g/mol. The second-order valence-electron chi connectivity index (χ2n) is 7.56. The Kier molecular flexibility index (Phi) is 6.92. The van der Waals surface area contributed by atoms with Gasteiger partial charge in [-0.1, -0.05) is 16.8 Å². The van der Waals surface area contributed by atoms with E-state index in [0.717, 1.165) is 24.4 Å². The van der Waals surface area contributed by atoms with Crippen molar-refractivity contribution in [1.82, 2.24) is 19.9 Å². The Hall–Kier alpha value is -3.10. The van der Waals surface area contributed by atoms with Gasteiger partial charge in [-0.15, -0.1) is 0 Å². The lowest BCUT2D eigenvalue weighted by Crippen LogP contribution is -2.51. The molecule has 2 heterocycles. The Bertz CT molecular complexity index is 1030. The maximum atomic E-state index is 12.7. The van der Waals surface area contributed by atoms with E-state index in [1.54, 1.807) is 38.3 Å². The number of methoxy groups -OCH3 is 1. The van der Waals surface area contributed by atoms with Gasteiger partial charge in [-0.05, 0) is 55.5 Å². The highest BCUT2D eigenvalue weighted by Crippen LogP contribution is 2.21. The summed E-state index contributed by atoms with van der Waals surface area (Å²) in [5.74, 6) is 2.47. The second kappa shape index (κ2) is 10.0. The fourth-order valence-electron chi connectivity index (χ4n) is 3.52. The lowest BCUT2D eigenvalue weighted by Gasteiger charge is -2.35. The number of amides is 1. The third-order valence-electron chi connectivity index (χ3n) is 5.33. The van der Waals surface area contributed by atoms with Crippen molar-refractivity contribution in [2.75, 3.05) is 33.3 Å². The van der Waals surface area contributed by atoms with E-state index >= 15 is 0 Å². The molecule has 1 saturated heterocycles. The van der Waals surface area contributed by atoms with Gasteiger partial charge in [-0.25, -0.2) is 0 Å². The van der Waals surface area contributed by atoms with Crippen LogP contribution in [0.3, 0.4) is 0 Å². The smallest absolute Gasteiger partial charge is 0.263 e. The van der Waals surface area contributed by atoms with Crippen LogP contribution in [0.4, 0.5) is 0 Å². The van der Waals surface area contributed by atoms with Gasteiger partial charge in [0.15, 0.2) is 6.10 Å². The molecule has 1 amide bonds. The summed E-state index contributed by atoms with van der Waals surface area (Å²) in [4.78, 5) is 21.3. The molecule has 2 aromatic carbocycles. The first-order valence-electron chi connectivity index (χ1n) is 10.4. The Balaban J connectivity index is 1.27. The minimum atomic E-state index is -0.564. The Morgan fingerprint density at radius 3 is 2.38 bits per heavy atom. The number of aromatic nitrogens is 2. The molecule has 1 aliphatic heterocycles. The molecule has 0 spiro atoms. The first kappa shape index (κ1) is 22.1. The lowest BCUT2D eigenvalue weighted by molar-refractivity contribution is -0.139. The van der Waals surface area contributed by atoms with Crippen molar-refractivity contribution >= 4 is 17.5 Å². The fourth-order valence-corrected chi connectivity index (χ4v) is 3.64. The van der Waals surface area contributed by atoms with Crippen LogP contribution in [0.5, 0.6) is 11.5 Å². The van der Waals surface area contributed by atoms with Crippen LogP contribution < -0.4 is 9.47 Å². The van der Waals surface area contributed by atoms with Crippen molar-refractivity contribution in [3.05, 3.63) is 59.4 Å². The fraction of sp³-hybridized carbons (Fsp3) is 0.348. The minimum Gasteiger partial charge on any atom is -0.497 e. The number of halogens is 1. The second-order valence-corrected chi connectivity index (χ2v) is 7.99. The zero-order valence-electron chi connectivity index (χ0n) is 18.0. The molecule has 168 valence electrons. The van der Waals surface area contributed by atoms with Crippen LogP contribution in [0.25, 0.3) is 11.4 Å². The van der Waals surface area contributed by atoms with Crippen LogP contribution in [-0.2, 0) is 11.3 Å². The summed E-state index contributed by atoms with van der Waals surface area (Å²) in [5.41, 5.74) is 0.867. The molecule has 8 nitrogen and oxygen atoms in total. The predicted octanol–water partition coefficient (Wildman–Crippen LogP) is 3.51. The van der Waals surface area contributed by atoms with Crippen LogP contribution in [0, 0.1) is 0 Å².